The highest BCUT2D eigenvalue weighted by atomic mass is 16.3. The van der Waals surface area contributed by atoms with Crippen molar-refractivity contribution in [2.24, 2.45) is 0 Å². The van der Waals surface area contributed by atoms with Crippen LogP contribution in [0.3, 0.4) is 0 Å². The summed E-state index contributed by atoms with van der Waals surface area (Å²) in [6.45, 7) is 8.03. The van der Waals surface area contributed by atoms with E-state index < -0.39 is 0 Å². The number of hydrogen-bond donors (Lipinski definition) is 1. The third-order valence-electron chi connectivity index (χ3n) is 2.61. The van der Waals surface area contributed by atoms with Gasteiger partial charge in [-0.1, -0.05) is 6.08 Å². The van der Waals surface area contributed by atoms with E-state index in [0.29, 0.717) is 6.04 Å². The van der Waals surface area contributed by atoms with Crippen molar-refractivity contribution >= 4 is 0 Å². The van der Waals surface area contributed by atoms with Gasteiger partial charge >= 0.3 is 0 Å². The molecule has 1 aliphatic rings. The second kappa shape index (κ2) is 4.63. The van der Waals surface area contributed by atoms with E-state index in [1.165, 1.54) is 0 Å². The Kier molecular flexibility index (Phi) is 3.76. The van der Waals surface area contributed by atoms with Crippen LogP contribution >= 0.6 is 0 Å². The van der Waals surface area contributed by atoms with Crippen molar-refractivity contribution in [3.8, 4) is 0 Å². The van der Waals surface area contributed by atoms with E-state index in [4.69, 9.17) is 0 Å². The molecule has 12 heavy (non-hydrogen) atoms. The summed E-state index contributed by atoms with van der Waals surface area (Å²) in [6.07, 6.45) is 4.80. The molecule has 0 saturated carbocycles. The number of aliphatic hydroxyl groups excluding tert-OH is 1. The molecule has 0 amide bonds. The van der Waals surface area contributed by atoms with E-state index in [1.807, 2.05) is 6.08 Å². The van der Waals surface area contributed by atoms with Crippen molar-refractivity contribution < 1.29 is 5.11 Å². The van der Waals surface area contributed by atoms with Crippen LogP contribution in [0.25, 0.3) is 0 Å². The van der Waals surface area contributed by atoms with Gasteiger partial charge in [0.05, 0.1) is 6.10 Å². The van der Waals surface area contributed by atoms with Crippen LogP contribution < -0.4 is 0 Å². The molecule has 1 N–H and O–H groups in total. The number of rotatable bonds is 3. The van der Waals surface area contributed by atoms with Crippen LogP contribution in [0, 0.1) is 0 Å². The highest BCUT2D eigenvalue weighted by molar-refractivity contribution is 4.80. The first-order valence-electron chi connectivity index (χ1n) is 4.77. The van der Waals surface area contributed by atoms with Crippen LogP contribution in [0.2, 0.25) is 0 Å². The number of nitrogens with zero attached hydrogens (tertiary/aromatic N) is 1. The van der Waals surface area contributed by atoms with Gasteiger partial charge in [0.25, 0.3) is 0 Å². The Bertz CT molecular complexity index is 147. The largest absolute Gasteiger partial charge is 0.393 e. The van der Waals surface area contributed by atoms with Gasteiger partial charge in [0.2, 0.25) is 0 Å². The van der Waals surface area contributed by atoms with E-state index in [-0.39, 0.29) is 6.10 Å². The number of piperidine rings is 1. The SMILES string of the molecule is C=CCCN1CCC(O)CC1C. The summed E-state index contributed by atoms with van der Waals surface area (Å²) in [5, 5.41) is 9.38. The standard InChI is InChI=1S/C10H19NO/c1-3-4-6-11-7-5-10(12)8-9(11)2/h3,9-10,12H,1,4-8H2,2H3. The van der Waals surface area contributed by atoms with Gasteiger partial charge in [-0.3, -0.25) is 0 Å². The van der Waals surface area contributed by atoms with Gasteiger partial charge in [0, 0.05) is 19.1 Å². The maximum atomic E-state index is 9.38. The van der Waals surface area contributed by atoms with Gasteiger partial charge in [-0.25, -0.2) is 0 Å². The molecule has 0 radical (unpaired) electrons. The van der Waals surface area contributed by atoms with Gasteiger partial charge in [-0.2, -0.15) is 0 Å². The summed E-state index contributed by atoms with van der Waals surface area (Å²) in [6, 6.07) is 0.536. The first-order valence-corrected chi connectivity index (χ1v) is 4.77. The number of hydrogen-bond acceptors (Lipinski definition) is 2. The molecular weight excluding hydrogens is 150 g/mol. The molecule has 1 fully saturated rings. The Morgan fingerprint density at radius 3 is 3.00 bits per heavy atom. The van der Waals surface area contributed by atoms with Crippen molar-refractivity contribution in [2.75, 3.05) is 13.1 Å². The van der Waals surface area contributed by atoms with E-state index >= 15 is 0 Å². The monoisotopic (exact) mass is 169 g/mol. The van der Waals surface area contributed by atoms with E-state index in [2.05, 4.69) is 18.4 Å². The summed E-state index contributed by atoms with van der Waals surface area (Å²) in [4.78, 5) is 2.42. The van der Waals surface area contributed by atoms with Gasteiger partial charge in [0.1, 0.15) is 0 Å². The summed E-state index contributed by atoms with van der Waals surface area (Å²) in [5.74, 6) is 0. The molecule has 0 aromatic heterocycles. The molecule has 70 valence electrons. The summed E-state index contributed by atoms with van der Waals surface area (Å²) in [5.41, 5.74) is 0. The minimum Gasteiger partial charge on any atom is -0.393 e. The zero-order valence-electron chi connectivity index (χ0n) is 7.87. The van der Waals surface area contributed by atoms with Gasteiger partial charge in [-0.05, 0) is 26.2 Å². The van der Waals surface area contributed by atoms with Crippen LogP contribution in [0.15, 0.2) is 12.7 Å². The lowest BCUT2D eigenvalue weighted by molar-refractivity contribution is 0.0494. The topological polar surface area (TPSA) is 23.5 Å². The molecule has 2 nitrogen and oxygen atoms in total. The number of aliphatic hydroxyl groups is 1. The lowest BCUT2D eigenvalue weighted by atomic mass is 10.0. The Labute approximate surface area is 74.9 Å². The average molecular weight is 169 g/mol. The molecular formula is C10H19NO. The van der Waals surface area contributed by atoms with Crippen molar-refractivity contribution in [1.82, 2.24) is 4.90 Å². The van der Waals surface area contributed by atoms with Crippen molar-refractivity contribution in [3.63, 3.8) is 0 Å². The fourth-order valence-corrected chi connectivity index (χ4v) is 1.79. The first-order chi connectivity index (χ1) is 5.74. The molecule has 0 aromatic carbocycles. The van der Waals surface area contributed by atoms with Crippen LogP contribution in [-0.4, -0.2) is 35.2 Å². The molecule has 2 atom stereocenters. The lowest BCUT2D eigenvalue weighted by Gasteiger charge is -2.35. The van der Waals surface area contributed by atoms with Crippen LogP contribution in [0.5, 0.6) is 0 Å². The zero-order valence-corrected chi connectivity index (χ0v) is 7.87. The fourth-order valence-electron chi connectivity index (χ4n) is 1.79. The minimum absolute atomic E-state index is 0.0695. The van der Waals surface area contributed by atoms with Crippen molar-refractivity contribution in [2.45, 2.75) is 38.3 Å². The molecule has 0 aromatic rings. The molecule has 2 heteroatoms. The van der Waals surface area contributed by atoms with Crippen molar-refractivity contribution in [1.29, 1.82) is 0 Å². The summed E-state index contributed by atoms with van der Waals surface area (Å²) >= 11 is 0. The van der Waals surface area contributed by atoms with Crippen LogP contribution in [-0.2, 0) is 0 Å². The maximum absolute atomic E-state index is 9.38. The molecule has 1 heterocycles. The van der Waals surface area contributed by atoms with E-state index in [9.17, 15) is 5.11 Å². The van der Waals surface area contributed by atoms with Crippen LogP contribution in [0.1, 0.15) is 26.2 Å². The third-order valence-corrected chi connectivity index (χ3v) is 2.61. The predicted octanol–water partition coefficient (Wildman–Crippen LogP) is 1.41. The molecule has 1 aliphatic heterocycles. The minimum atomic E-state index is -0.0695. The van der Waals surface area contributed by atoms with Gasteiger partial charge in [-0.15, -0.1) is 6.58 Å². The first kappa shape index (κ1) is 9.75. The van der Waals surface area contributed by atoms with Gasteiger partial charge in [0.15, 0.2) is 0 Å². The summed E-state index contributed by atoms with van der Waals surface area (Å²) in [7, 11) is 0. The predicted molar refractivity (Wildman–Crippen MR) is 51.1 cm³/mol. The Morgan fingerprint density at radius 2 is 2.42 bits per heavy atom. The molecule has 2 unspecified atom stereocenters. The lowest BCUT2D eigenvalue weighted by Crippen LogP contribution is -2.42. The second-order valence-corrected chi connectivity index (χ2v) is 3.64. The highest BCUT2D eigenvalue weighted by Crippen LogP contribution is 2.16. The van der Waals surface area contributed by atoms with E-state index in [0.717, 1.165) is 32.4 Å². The molecule has 0 spiro atoms. The quantitative estimate of drug-likeness (QED) is 0.646. The third kappa shape index (κ3) is 2.61. The van der Waals surface area contributed by atoms with Crippen LogP contribution in [0.4, 0.5) is 0 Å². The van der Waals surface area contributed by atoms with Crippen molar-refractivity contribution in [3.05, 3.63) is 12.7 Å². The molecule has 0 aliphatic carbocycles. The van der Waals surface area contributed by atoms with E-state index in [1.54, 1.807) is 0 Å². The number of likely N-dealkylation sites (tertiary alicyclic amines) is 1. The Morgan fingerprint density at radius 1 is 1.67 bits per heavy atom. The highest BCUT2D eigenvalue weighted by Gasteiger charge is 2.22. The maximum Gasteiger partial charge on any atom is 0.0567 e. The average Bonchev–Trinajstić information content (AvgIpc) is 2.03. The Balaban J connectivity index is 2.29. The summed E-state index contributed by atoms with van der Waals surface area (Å²) < 4.78 is 0. The smallest absolute Gasteiger partial charge is 0.0567 e. The zero-order chi connectivity index (χ0) is 8.97. The molecule has 1 rings (SSSR count). The molecule has 1 saturated heterocycles. The Hall–Kier alpha value is -0.340. The second-order valence-electron chi connectivity index (χ2n) is 3.64. The fraction of sp³-hybridized carbons (Fsp3) is 0.800. The van der Waals surface area contributed by atoms with Gasteiger partial charge < -0.3 is 10.0 Å². The molecule has 0 bridgehead atoms. The normalized spacial score (nSPS) is 31.8.